The molecule has 0 saturated carbocycles. The van der Waals surface area contributed by atoms with Crippen molar-refractivity contribution in [3.8, 4) is 22.8 Å². The number of esters is 1. The molecule has 2 N–H and O–H groups in total. The molecular formula is C35H40N4O7. The average Bonchev–Trinajstić information content (AvgIpc) is 3.53. The van der Waals surface area contributed by atoms with Crippen molar-refractivity contribution in [1.29, 1.82) is 0 Å². The van der Waals surface area contributed by atoms with Gasteiger partial charge in [0.05, 0.1) is 49.6 Å². The van der Waals surface area contributed by atoms with Crippen molar-refractivity contribution in [2.75, 3.05) is 20.3 Å². The minimum Gasteiger partial charge on any atom is -0.497 e. The fraction of sp³-hybridized carbons (Fsp3) is 0.343. The van der Waals surface area contributed by atoms with E-state index in [0.29, 0.717) is 47.4 Å². The Morgan fingerprint density at radius 2 is 1.70 bits per heavy atom. The summed E-state index contributed by atoms with van der Waals surface area (Å²) in [7, 11) is 1.59. The highest BCUT2D eigenvalue weighted by atomic mass is 16.6. The van der Waals surface area contributed by atoms with Gasteiger partial charge in [-0.3, -0.25) is 14.9 Å². The molecule has 0 bridgehead atoms. The lowest BCUT2D eigenvalue weighted by atomic mass is 9.99. The highest BCUT2D eigenvalue weighted by molar-refractivity contribution is 5.93. The van der Waals surface area contributed by atoms with Crippen LogP contribution in [-0.2, 0) is 22.4 Å². The van der Waals surface area contributed by atoms with E-state index in [9.17, 15) is 19.7 Å². The van der Waals surface area contributed by atoms with Crippen LogP contribution in [0.5, 0.6) is 11.5 Å². The molecule has 0 aliphatic heterocycles. The van der Waals surface area contributed by atoms with Gasteiger partial charge in [0, 0.05) is 24.1 Å². The maximum absolute atomic E-state index is 13.3. The molecule has 11 heteroatoms. The second kappa shape index (κ2) is 16.8. The minimum atomic E-state index is -0.562. The van der Waals surface area contributed by atoms with Crippen molar-refractivity contribution >= 4 is 17.6 Å². The number of carbonyl (C=O) groups excluding carboxylic acids is 2. The number of aromatic amines is 1. The summed E-state index contributed by atoms with van der Waals surface area (Å²) >= 11 is 0. The number of aromatic nitrogens is 2. The summed E-state index contributed by atoms with van der Waals surface area (Å²) < 4.78 is 16.7. The lowest BCUT2D eigenvalue weighted by molar-refractivity contribution is -0.384. The van der Waals surface area contributed by atoms with Crippen molar-refractivity contribution in [2.45, 2.75) is 58.4 Å². The van der Waals surface area contributed by atoms with E-state index in [4.69, 9.17) is 14.2 Å². The maximum atomic E-state index is 13.3. The van der Waals surface area contributed by atoms with Crippen LogP contribution in [0.25, 0.3) is 11.3 Å². The molecule has 4 rings (SSSR count). The van der Waals surface area contributed by atoms with Gasteiger partial charge >= 0.3 is 5.97 Å². The first-order chi connectivity index (χ1) is 22.3. The van der Waals surface area contributed by atoms with E-state index in [0.717, 1.165) is 36.8 Å². The second-order valence-electron chi connectivity index (χ2n) is 10.8. The summed E-state index contributed by atoms with van der Waals surface area (Å²) in [4.78, 5) is 45.0. The van der Waals surface area contributed by atoms with E-state index in [2.05, 4.69) is 22.2 Å². The average molecular weight is 629 g/mol. The van der Waals surface area contributed by atoms with Crippen LogP contribution in [0.2, 0.25) is 0 Å². The molecule has 1 amide bonds. The number of H-pyrrole nitrogens is 1. The summed E-state index contributed by atoms with van der Waals surface area (Å²) in [5.74, 6) is 1.01. The first-order valence-corrected chi connectivity index (χ1v) is 15.5. The van der Waals surface area contributed by atoms with Crippen LogP contribution >= 0.6 is 0 Å². The monoisotopic (exact) mass is 628 g/mol. The molecule has 0 fully saturated rings. The Balaban J connectivity index is 1.63. The van der Waals surface area contributed by atoms with Crippen molar-refractivity contribution in [3.63, 3.8) is 0 Å². The zero-order valence-corrected chi connectivity index (χ0v) is 26.4. The quantitative estimate of drug-likeness (QED) is 0.0564. The number of ether oxygens (including phenoxy) is 3. The van der Waals surface area contributed by atoms with Crippen LogP contribution < -0.4 is 14.8 Å². The molecule has 4 aromatic rings. The molecule has 0 spiro atoms. The van der Waals surface area contributed by atoms with Gasteiger partial charge in [0.15, 0.2) is 0 Å². The number of hydrogen-bond acceptors (Lipinski definition) is 8. The molecule has 11 nitrogen and oxygen atoms in total. The van der Waals surface area contributed by atoms with E-state index in [1.165, 1.54) is 12.1 Å². The van der Waals surface area contributed by atoms with Crippen LogP contribution in [0, 0.1) is 10.1 Å². The Hall–Kier alpha value is -5.19. The van der Waals surface area contributed by atoms with E-state index < -0.39 is 16.9 Å². The van der Waals surface area contributed by atoms with Gasteiger partial charge in [-0.05, 0) is 60.4 Å². The highest BCUT2D eigenvalue weighted by Crippen LogP contribution is 2.28. The molecule has 46 heavy (non-hydrogen) atoms. The van der Waals surface area contributed by atoms with E-state index >= 15 is 0 Å². The van der Waals surface area contributed by atoms with Gasteiger partial charge in [0.2, 0.25) is 5.91 Å². The smallest absolute Gasteiger partial charge is 0.341 e. The molecular weight excluding hydrogens is 588 g/mol. The van der Waals surface area contributed by atoms with Gasteiger partial charge in [-0.15, -0.1) is 0 Å². The topological polar surface area (TPSA) is 146 Å². The molecule has 0 radical (unpaired) electrons. The number of carbonyl (C=O) groups is 2. The molecule has 1 aromatic heterocycles. The zero-order chi connectivity index (χ0) is 32.9. The van der Waals surface area contributed by atoms with Gasteiger partial charge in [-0.25, -0.2) is 9.78 Å². The number of benzene rings is 3. The predicted molar refractivity (Wildman–Crippen MR) is 174 cm³/mol. The van der Waals surface area contributed by atoms with Crippen LogP contribution in [0.4, 0.5) is 5.69 Å². The first-order valence-electron chi connectivity index (χ1n) is 15.5. The Bertz CT molecular complexity index is 1600. The number of nitrogens with zero attached hydrogens (tertiary/aromatic N) is 2. The standard InChI is InChI=1S/C35H40N4O7/c1-4-6-18-45-32-17-12-26(21-29(32)35(41)46-19-7-5-2)30(38-34(40)20-24-8-15-28(44-3)16-9-24)22-33-36-23-31(37-33)25-10-13-27(14-11-25)39(42)43/h8-17,21,23,30H,4-7,18-20,22H2,1-3H3,(H,36,37)(H,38,40). The Morgan fingerprint density at radius 1 is 0.978 bits per heavy atom. The number of imidazole rings is 1. The summed E-state index contributed by atoms with van der Waals surface area (Å²) in [6, 6.07) is 18.2. The lowest BCUT2D eigenvalue weighted by Gasteiger charge is -2.21. The number of nitro groups is 1. The van der Waals surface area contributed by atoms with Gasteiger partial charge in [-0.1, -0.05) is 44.9 Å². The molecule has 0 aliphatic rings. The summed E-state index contributed by atoms with van der Waals surface area (Å²) in [6.07, 6.45) is 5.48. The Labute approximate surface area is 268 Å². The summed E-state index contributed by atoms with van der Waals surface area (Å²) in [5, 5.41) is 14.2. The largest absolute Gasteiger partial charge is 0.497 e. The second-order valence-corrected chi connectivity index (χ2v) is 10.8. The molecule has 0 aliphatic carbocycles. The number of hydrogen-bond donors (Lipinski definition) is 2. The SMILES string of the molecule is CCCCOC(=O)c1cc(C(Cc2ncc(-c3ccc([N+](=O)[O-])cc3)[nH]2)NC(=O)Cc2ccc(OC)cc2)ccc1OCCCC. The number of rotatable bonds is 17. The number of nitro benzene ring substituents is 1. The fourth-order valence-corrected chi connectivity index (χ4v) is 4.76. The van der Waals surface area contributed by atoms with Crippen LogP contribution in [0.15, 0.2) is 72.9 Å². The number of unbranched alkanes of at least 4 members (excludes halogenated alkanes) is 2. The predicted octanol–water partition coefficient (Wildman–Crippen LogP) is 6.77. The summed E-state index contributed by atoms with van der Waals surface area (Å²) in [5.41, 5.74) is 3.19. The van der Waals surface area contributed by atoms with Crippen molar-refractivity contribution in [2.24, 2.45) is 0 Å². The molecule has 1 unspecified atom stereocenters. The van der Waals surface area contributed by atoms with Crippen LogP contribution in [0.3, 0.4) is 0 Å². The molecule has 1 atom stereocenters. The van der Waals surface area contributed by atoms with Crippen molar-refractivity contribution in [3.05, 3.63) is 106 Å². The maximum Gasteiger partial charge on any atom is 0.341 e. The van der Waals surface area contributed by atoms with Crippen molar-refractivity contribution in [1.82, 2.24) is 15.3 Å². The van der Waals surface area contributed by atoms with Gasteiger partial charge in [0.25, 0.3) is 5.69 Å². The zero-order valence-electron chi connectivity index (χ0n) is 26.4. The Kier molecular flexibility index (Phi) is 12.3. The number of non-ortho nitro benzene ring substituents is 1. The molecule has 1 heterocycles. The highest BCUT2D eigenvalue weighted by Gasteiger charge is 2.22. The fourth-order valence-electron chi connectivity index (χ4n) is 4.76. The third-order valence-corrected chi connectivity index (χ3v) is 7.39. The number of nitrogens with one attached hydrogen (secondary N) is 2. The normalized spacial score (nSPS) is 11.5. The third kappa shape index (κ3) is 9.40. The molecule has 0 saturated heterocycles. The van der Waals surface area contributed by atoms with Crippen LogP contribution in [-0.4, -0.2) is 47.1 Å². The van der Waals surface area contributed by atoms with E-state index in [-0.39, 0.29) is 24.4 Å². The van der Waals surface area contributed by atoms with Crippen molar-refractivity contribution < 1.29 is 28.7 Å². The lowest BCUT2D eigenvalue weighted by Crippen LogP contribution is -2.31. The van der Waals surface area contributed by atoms with Gasteiger partial charge < -0.3 is 24.5 Å². The number of amides is 1. The van der Waals surface area contributed by atoms with Gasteiger partial charge in [0.1, 0.15) is 22.9 Å². The van der Waals surface area contributed by atoms with Crippen LogP contribution in [0.1, 0.15) is 72.9 Å². The summed E-state index contributed by atoms with van der Waals surface area (Å²) in [6.45, 7) is 4.85. The molecule has 242 valence electrons. The third-order valence-electron chi connectivity index (χ3n) is 7.39. The van der Waals surface area contributed by atoms with E-state index in [1.807, 2.05) is 25.1 Å². The molecule has 3 aromatic carbocycles. The minimum absolute atomic E-state index is 0.00530. The van der Waals surface area contributed by atoms with Gasteiger partial charge in [-0.2, -0.15) is 0 Å². The number of methoxy groups -OCH3 is 1. The Morgan fingerprint density at radius 3 is 2.37 bits per heavy atom. The van der Waals surface area contributed by atoms with E-state index in [1.54, 1.807) is 49.7 Å². The first kappa shape index (κ1) is 33.7.